The Hall–Kier alpha value is -2.64. The van der Waals surface area contributed by atoms with Crippen LogP contribution in [0.5, 0.6) is 0 Å². The number of rotatable bonds is 9. The normalized spacial score (nSPS) is 15.6. The topological polar surface area (TPSA) is 115 Å². The van der Waals surface area contributed by atoms with Crippen LogP contribution in [0.15, 0.2) is 46.8 Å². The van der Waals surface area contributed by atoms with Crippen molar-refractivity contribution in [3.63, 3.8) is 0 Å². The number of nitrogens with two attached hydrogens (primary N) is 1. The Morgan fingerprint density at radius 2 is 1.89 bits per heavy atom. The number of hydrogen-bond acceptors (Lipinski definition) is 7. The molecular weight excluding hydrogens is 344 g/mol. The Balaban J connectivity index is 2.30. The second-order valence-corrected chi connectivity index (χ2v) is 6.27. The molecule has 2 rings (SSSR count). The summed E-state index contributed by atoms with van der Waals surface area (Å²) in [5.41, 5.74) is 9.90. The number of aryl methyl sites for hydroxylation is 1. The van der Waals surface area contributed by atoms with Crippen molar-refractivity contribution in [1.82, 2.24) is 0 Å². The van der Waals surface area contributed by atoms with Crippen molar-refractivity contribution in [2.45, 2.75) is 20.3 Å². The number of benzene rings is 1. The first-order valence-electron chi connectivity index (χ1n) is 9.07. The van der Waals surface area contributed by atoms with Crippen LogP contribution in [0.3, 0.4) is 0 Å². The summed E-state index contributed by atoms with van der Waals surface area (Å²) in [7, 11) is 0. The first-order valence-corrected chi connectivity index (χ1v) is 9.07. The summed E-state index contributed by atoms with van der Waals surface area (Å²) in [4.78, 5) is 6.55. The lowest BCUT2D eigenvalue weighted by molar-refractivity contribution is 0.231. The van der Waals surface area contributed by atoms with Gasteiger partial charge in [-0.3, -0.25) is 5.41 Å². The highest BCUT2D eigenvalue weighted by atomic mass is 16.5. The molecule has 0 saturated heterocycles. The largest absolute Gasteiger partial charge is 0.491 e. The lowest BCUT2D eigenvalue weighted by Crippen LogP contribution is -2.29. The quantitative estimate of drug-likeness (QED) is 0.495. The molecule has 0 unspecified atom stereocenters. The predicted molar refractivity (Wildman–Crippen MR) is 109 cm³/mol. The zero-order valence-corrected chi connectivity index (χ0v) is 15.9. The summed E-state index contributed by atoms with van der Waals surface area (Å²) in [6, 6.07) is 5.75. The minimum Gasteiger partial charge on any atom is -0.491 e. The average molecular weight is 372 g/mol. The summed E-state index contributed by atoms with van der Waals surface area (Å²) < 4.78 is 5.60. The van der Waals surface area contributed by atoms with Crippen molar-refractivity contribution in [2.24, 2.45) is 10.7 Å². The lowest BCUT2D eigenvalue weighted by Gasteiger charge is -2.23. The third-order valence-electron chi connectivity index (χ3n) is 4.12. The number of aliphatic hydroxyl groups excluding tert-OH is 2. The fourth-order valence-electron chi connectivity index (χ4n) is 2.72. The molecule has 27 heavy (non-hydrogen) atoms. The van der Waals surface area contributed by atoms with E-state index < -0.39 is 0 Å². The first-order chi connectivity index (χ1) is 13.0. The Labute approximate surface area is 160 Å². The molecule has 0 radical (unpaired) electrons. The highest BCUT2D eigenvalue weighted by molar-refractivity contribution is 6.22. The maximum atomic E-state index is 9.20. The van der Waals surface area contributed by atoms with E-state index in [4.69, 9.17) is 15.9 Å². The number of allylic oxidation sites excluding steroid dienone is 2. The van der Waals surface area contributed by atoms with Crippen molar-refractivity contribution >= 4 is 22.8 Å². The highest BCUT2D eigenvalue weighted by Gasteiger charge is 2.16. The molecule has 146 valence electrons. The molecule has 1 aromatic rings. The van der Waals surface area contributed by atoms with Gasteiger partial charge in [-0.25, -0.2) is 4.99 Å². The van der Waals surface area contributed by atoms with Crippen LogP contribution in [0.1, 0.15) is 18.9 Å². The summed E-state index contributed by atoms with van der Waals surface area (Å²) in [6.07, 6.45) is 4.11. The maximum absolute atomic E-state index is 9.20. The van der Waals surface area contributed by atoms with Gasteiger partial charge < -0.3 is 25.6 Å². The standard InChI is InChI=1S/C20H28N4O3/c1-3-10-27-20-13-19(16(21)12-17(20)22)23-18-5-4-15(11-14(18)2)24(6-8-25)7-9-26/h4-5,11-13,22,25-26H,3,6-10,21H2,1-2H3/b22-17?,23-19-. The van der Waals surface area contributed by atoms with Crippen molar-refractivity contribution in [2.75, 3.05) is 37.8 Å². The van der Waals surface area contributed by atoms with Gasteiger partial charge in [-0.05, 0) is 43.2 Å². The fraction of sp³-hybridized carbons (Fsp3) is 0.400. The van der Waals surface area contributed by atoms with E-state index in [9.17, 15) is 10.2 Å². The average Bonchev–Trinajstić information content (AvgIpc) is 2.64. The Bertz CT molecular complexity index is 762. The van der Waals surface area contributed by atoms with Gasteiger partial charge in [0.05, 0.1) is 42.6 Å². The smallest absolute Gasteiger partial charge is 0.146 e. The SMILES string of the molecule is CCCOC1=C/C(=N/c2ccc(N(CCO)CCO)cc2C)C(N)=CC1=N. The fourth-order valence-corrected chi connectivity index (χ4v) is 2.72. The van der Waals surface area contributed by atoms with Crippen LogP contribution in [0.25, 0.3) is 0 Å². The minimum absolute atomic E-state index is 0.0156. The maximum Gasteiger partial charge on any atom is 0.146 e. The van der Waals surface area contributed by atoms with Gasteiger partial charge in [0, 0.05) is 24.9 Å². The number of nitrogens with one attached hydrogen (secondary N) is 1. The second-order valence-electron chi connectivity index (χ2n) is 6.27. The molecule has 7 nitrogen and oxygen atoms in total. The molecule has 0 aromatic heterocycles. The Morgan fingerprint density at radius 1 is 1.19 bits per heavy atom. The van der Waals surface area contributed by atoms with Crippen LogP contribution in [0, 0.1) is 12.3 Å². The van der Waals surface area contributed by atoms with Crippen LogP contribution in [0.4, 0.5) is 11.4 Å². The molecule has 0 spiro atoms. The van der Waals surface area contributed by atoms with E-state index in [2.05, 4.69) is 4.99 Å². The van der Waals surface area contributed by atoms with Gasteiger partial charge in [0.2, 0.25) is 0 Å². The van der Waals surface area contributed by atoms with E-state index in [0.29, 0.717) is 36.9 Å². The molecule has 0 saturated carbocycles. The number of hydrogen-bond donors (Lipinski definition) is 4. The predicted octanol–water partition coefficient (Wildman–Crippen LogP) is 2.04. The Kier molecular flexibility index (Phi) is 7.57. The first kappa shape index (κ1) is 20.7. The molecule has 1 aliphatic carbocycles. The van der Waals surface area contributed by atoms with Gasteiger partial charge in [0.1, 0.15) is 5.76 Å². The molecule has 0 heterocycles. The van der Waals surface area contributed by atoms with Gasteiger partial charge in [-0.2, -0.15) is 0 Å². The van der Waals surface area contributed by atoms with Gasteiger partial charge in [0.15, 0.2) is 0 Å². The molecule has 1 aliphatic rings. The summed E-state index contributed by atoms with van der Waals surface area (Å²) in [6.45, 7) is 5.42. The van der Waals surface area contributed by atoms with Crippen LogP contribution < -0.4 is 10.6 Å². The molecule has 0 bridgehead atoms. The van der Waals surface area contributed by atoms with E-state index in [0.717, 1.165) is 23.4 Å². The van der Waals surface area contributed by atoms with Crippen molar-refractivity contribution in [3.8, 4) is 0 Å². The lowest BCUT2D eigenvalue weighted by atomic mass is 10.1. The van der Waals surface area contributed by atoms with Gasteiger partial charge in [-0.15, -0.1) is 0 Å². The number of ether oxygens (including phenoxy) is 1. The van der Waals surface area contributed by atoms with Crippen molar-refractivity contribution < 1.29 is 14.9 Å². The number of aliphatic hydroxyl groups is 2. The zero-order valence-electron chi connectivity index (χ0n) is 15.9. The molecule has 0 aliphatic heterocycles. The molecule has 0 fully saturated rings. The molecule has 1 aromatic carbocycles. The minimum atomic E-state index is 0.0156. The number of nitrogens with zero attached hydrogens (tertiary/aromatic N) is 2. The van der Waals surface area contributed by atoms with Gasteiger partial charge in [-0.1, -0.05) is 6.92 Å². The summed E-state index contributed by atoms with van der Waals surface area (Å²) in [5.74, 6) is 0.469. The highest BCUT2D eigenvalue weighted by Crippen LogP contribution is 2.26. The van der Waals surface area contributed by atoms with Crippen molar-refractivity contribution in [1.29, 1.82) is 5.41 Å². The molecular formula is C20H28N4O3. The summed E-state index contributed by atoms with van der Waals surface area (Å²) >= 11 is 0. The van der Waals surface area contributed by atoms with E-state index >= 15 is 0 Å². The zero-order chi connectivity index (χ0) is 19.8. The molecule has 5 N–H and O–H groups in total. The number of anilines is 1. The molecule has 0 amide bonds. The summed E-state index contributed by atoms with van der Waals surface area (Å²) in [5, 5.41) is 26.4. The van der Waals surface area contributed by atoms with Crippen molar-refractivity contribution in [3.05, 3.63) is 47.4 Å². The molecule has 7 heteroatoms. The van der Waals surface area contributed by atoms with E-state index in [-0.39, 0.29) is 18.9 Å². The van der Waals surface area contributed by atoms with Crippen LogP contribution in [-0.2, 0) is 4.74 Å². The van der Waals surface area contributed by atoms with Crippen LogP contribution in [0.2, 0.25) is 0 Å². The van der Waals surface area contributed by atoms with E-state index in [1.165, 1.54) is 0 Å². The van der Waals surface area contributed by atoms with Gasteiger partial charge in [0.25, 0.3) is 0 Å². The molecule has 0 atom stereocenters. The number of aliphatic imine (C=N–C) groups is 1. The Morgan fingerprint density at radius 3 is 2.48 bits per heavy atom. The van der Waals surface area contributed by atoms with Gasteiger partial charge >= 0.3 is 0 Å². The second kappa shape index (κ2) is 9.89. The monoisotopic (exact) mass is 372 g/mol. The third kappa shape index (κ3) is 5.42. The van der Waals surface area contributed by atoms with E-state index in [1.807, 2.05) is 36.9 Å². The third-order valence-corrected chi connectivity index (χ3v) is 4.12. The van der Waals surface area contributed by atoms with E-state index in [1.54, 1.807) is 12.2 Å². The van der Waals surface area contributed by atoms with Crippen LogP contribution in [-0.4, -0.2) is 54.5 Å². The van der Waals surface area contributed by atoms with Crippen LogP contribution >= 0.6 is 0 Å².